The summed E-state index contributed by atoms with van der Waals surface area (Å²) in [5.41, 5.74) is 1.58. The Hall–Kier alpha value is -0.0831. The molecule has 1 rings (SSSR count). The van der Waals surface area contributed by atoms with Crippen molar-refractivity contribution in [1.29, 1.82) is 0 Å². The van der Waals surface area contributed by atoms with Crippen molar-refractivity contribution in [1.82, 2.24) is 0 Å². The highest BCUT2D eigenvalue weighted by atomic mass is 32.1. The van der Waals surface area contributed by atoms with E-state index in [1.54, 1.807) is 5.56 Å². The van der Waals surface area contributed by atoms with Crippen molar-refractivity contribution in [3.63, 3.8) is 0 Å². The molecule has 0 atom stereocenters. The first kappa shape index (κ1) is 16.0. The first-order valence-corrected chi connectivity index (χ1v) is 12.1. The lowest BCUT2D eigenvalue weighted by Crippen LogP contribution is -2.18. The van der Waals surface area contributed by atoms with Gasteiger partial charge < -0.3 is 0 Å². The van der Waals surface area contributed by atoms with Crippen molar-refractivity contribution >= 4 is 19.4 Å². The fourth-order valence-corrected chi connectivity index (χ4v) is 4.42. The smallest absolute Gasteiger partial charge is 0.0442 e. The van der Waals surface area contributed by atoms with Crippen LogP contribution in [0.25, 0.3) is 0 Å². The van der Waals surface area contributed by atoms with Gasteiger partial charge in [0.1, 0.15) is 0 Å². The van der Waals surface area contributed by atoms with Gasteiger partial charge in [0.15, 0.2) is 0 Å². The Kier molecular flexibility index (Phi) is 7.24. The summed E-state index contributed by atoms with van der Waals surface area (Å²) >= 11 is 1.89. The molecule has 0 spiro atoms. The Balaban J connectivity index is 1.92. The summed E-state index contributed by atoms with van der Waals surface area (Å²) in [6.45, 7) is 9.69. The predicted octanol–water partition coefficient (Wildman–Crippen LogP) is 6.28. The van der Waals surface area contributed by atoms with Crippen molar-refractivity contribution in [3.8, 4) is 0 Å². The van der Waals surface area contributed by atoms with E-state index in [1.807, 2.05) is 11.3 Å². The fraction of sp³-hybridized carbons (Fsp3) is 0.750. The SMILES string of the molecule is Cc1sccc1CCCCCCCC[Si](C)(C)C. The van der Waals surface area contributed by atoms with Crippen molar-refractivity contribution in [2.45, 2.75) is 77.6 Å². The lowest BCUT2D eigenvalue weighted by atomic mass is 10.1. The number of aryl methyl sites for hydroxylation is 2. The van der Waals surface area contributed by atoms with Gasteiger partial charge in [-0.2, -0.15) is 0 Å². The number of hydrogen-bond acceptors (Lipinski definition) is 1. The average Bonchev–Trinajstić information content (AvgIpc) is 2.67. The molecule has 0 radical (unpaired) electrons. The maximum absolute atomic E-state index is 2.48. The number of thiophene rings is 1. The quantitative estimate of drug-likeness (QED) is 0.369. The van der Waals surface area contributed by atoms with E-state index < -0.39 is 8.07 Å². The third-order valence-corrected chi connectivity index (χ3v) is 6.33. The normalized spacial score (nSPS) is 12.0. The van der Waals surface area contributed by atoms with Crippen LogP contribution >= 0.6 is 11.3 Å². The highest BCUT2D eigenvalue weighted by Crippen LogP contribution is 2.19. The summed E-state index contributed by atoms with van der Waals surface area (Å²) in [4.78, 5) is 1.52. The Morgan fingerprint density at radius 1 is 0.944 bits per heavy atom. The van der Waals surface area contributed by atoms with E-state index in [9.17, 15) is 0 Å². The van der Waals surface area contributed by atoms with Crippen LogP contribution in [0.2, 0.25) is 25.7 Å². The molecule has 0 fully saturated rings. The van der Waals surface area contributed by atoms with Crippen LogP contribution in [-0.2, 0) is 6.42 Å². The van der Waals surface area contributed by atoms with Crippen LogP contribution in [0.15, 0.2) is 11.4 Å². The minimum Gasteiger partial charge on any atom is -0.149 e. The second-order valence-corrected chi connectivity index (χ2v) is 13.4. The molecule has 0 unspecified atom stereocenters. The molecule has 0 nitrogen and oxygen atoms in total. The molecule has 0 aliphatic rings. The van der Waals surface area contributed by atoms with Crippen LogP contribution in [0, 0.1) is 6.92 Å². The van der Waals surface area contributed by atoms with Gasteiger partial charge in [-0.1, -0.05) is 57.8 Å². The van der Waals surface area contributed by atoms with Gasteiger partial charge in [0.05, 0.1) is 0 Å². The summed E-state index contributed by atoms with van der Waals surface area (Å²) in [7, 11) is -0.774. The molecule has 0 bridgehead atoms. The summed E-state index contributed by atoms with van der Waals surface area (Å²) in [5.74, 6) is 0. The van der Waals surface area contributed by atoms with Crippen LogP contribution in [0.3, 0.4) is 0 Å². The molecular formula is C16H30SSi. The number of unbranched alkanes of at least 4 members (excludes halogenated alkanes) is 5. The lowest BCUT2D eigenvalue weighted by Gasteiger charge is -2.14. The van der Waals surface area contributed by atoms with E-state index in [0.717, 1.165) is 0 Å². The first-order valence-electron chi connectivity index (χ1n) is 7.52. The predicted molar refractivity (Wildman–Crippen MR) is 88.6 cm³/mol. The third kappa shape index (κ3) is 7.37. The largest absolute Gasteiger partial charge is 0.149 e. The summed E-state index contributed by atoms with van der Waals surface area (Å²) < 4.78 is 0. The van der Waals surface area contributed by atoms with Crippen LogP contribution in [0.5, 0.6) is 0 Å². The zero-order valence-corrected chi connectivity index (χ0v) is 14.5. The van der Waals surface area contributed by atoms with E-state index in [2.05, 4.69) is 38.0 Å². The van der Waals surface area contributed by atoms with Crippen molar-refractivity contribution in [2.75, 3.05) is 0 Å². The number of hydrogen-bond donors (Lipinski definition) is 0. The van der Waals surface area contributed by atoms with E-state index in [0.29, 0.717) is 0 Å². The van der Waals surface area contributed by atoms with Crippen molar-refractivity contribution < 1.29 is 0 Å². The standard InChI is InChI=1S/C16H30SSi/c1-15-16(12-13-17-15)11-9-7-5-6-8-10-14-18(2,3)4/h12-13H,5-11,14H2,1-4H3. The van der Waals surface area contributed by atoms with Gasteiger partial charge >= 0.3 is 0 Å². The summed E-state index contributed by atoms with van der Waals surface area (Å²) in [6.07, 6.45) is 9.92. The fourth-order valence-electron chi connectivity index (χ4n) is 2.35. The van der Waals surface area contributed by atoms with Gasteiger partial charge in [0.2, 0.25) is 0 Å². The maximum atomic E-state index is 2.48. The first-order chi connectivity index (χ1) is 8.49. The average molecular weight is 283 g/mol. The lowest BCUT2D eigenvalue weighted by molar-refractivity contribution is 0.605. The molecular weight excluding hydrogens is 252 g/mol. The highest BCUT2D eigenvalue weighted by molar-refractivity contribution is 7.10. The van der Waals surface area contributed by atoms with Crippen LogP contribution in [0.1, 0.15) is 49.0 Å². The van der Waals surface area contributed by atoms with Crippen molar-refractivity contribution in [2.24, 2.45) is 0 Å². The van der Waals surface area contributed by atoms with Gasteiger partial charge in [0, 0.05) is 13.0 Å². The Morgan fingerprint density at radius 2 is 1.56 bits per heavy atom. The van der Waals surface area contributed by atoms with Crippen LogP contribution in [-0.4, -0.2) is 8.07 Å². The highest BCUT2D eigenvalue weighted by Gasteiger charge is 2.11. The molecule has 0 aliphatic carbocycles. The Morgan fingerprint density at radius 3 is 2.11 bits per heavy atom. The molecule has 1 aromatic rings. The molecule has 18 heavy (non-hydrogen) atoms. The molecule has 0 saturated carbocycles. The Labute approximate surface area is 119 Å². The van der Waals surface area contributed by atoms with E-state index in [-0.39, 0.29) is 0 Å². The zero-order valence-electron chi connectivity index (χ0n) is 12.7. The topological polar surface area (TPSA) is 0 Å². The molecule has 0 amide bonds. The molecule has 0 saturated heterocycles. The minimum atomic E-state index is -0.774. The maximum Gasteiger partial charge on any atom is 0.0442 e. The molecule has 0 aliphatic heterocycles. The number of rotatable bonds is 9. The van der Waals surface area contributed by atoms with Gasteiger partial charge in [-0.3, -0.25) is 0 Å². The van der Waals surface area contributed by atoms with Crippen molar-refractivity contribution in [3.05, 3.63) is 21.9 Å². The van der Waals surface area contributed by atoms with E-state index >= 15 is 0 Å². The molecule has 104 valence electrons. The van der Waals surface area contributed by atoms with E-state index in [1.165, 1.54) is 55.9 Å². The van der Waals surface area contributed by atoms with Crippen LogP contribution in [0.4, 0.5) is 0 Å². The summed E-state index contributed by atoms with van der Waals surface area (Å²) in [6, 6.07) is 3.81. The van der Waals surface area contributed by atoms with Gasteiger partial charge in [-0.05, 0) is 36.8 Å². The van der Waals surface area contributed by atoms with Gasteiger partial charge in [-0.25, -0.2) is 0 Å². The minimum absolute atomic E-state index is 0.774. The van der Waals surface area contributed by atoms with Gasteiger partial charge in [0.25, 0.3) is 0 Å². The molecule has 2 heteroatoms. The molecule has 1 heterocycles. The zero-order chi connectivity index (χ0) is 13.4. The Bertz CT molecular complexity index is 322. The second kappa shape index (κ2) is 8.16. The molecule has 1 aromatic heterocycles. The van der Waals surface area contributed by atoms with E-state index in [4.69, 9.17) is 0 Å². The molecule has 0 aromatic carbocycles. The summed E-state index contributed by atoms with van der Waals surface area (Å²) in [5, 5.41) is 2.22. The monoisotopic (exact) mass is 282 g/mol. The van der Waals surface area contributed by atoms with Gasteiger partial charge in [-0.15, -0.1) is 11.3 Å². The molecule has 0 N–H and O–H groups in total. The third-order valence-electron chi connectivity index (χ3n) is 3.59. The second-order valence-electron chi connectivity index (χ2n) is 6.68. The van der Waals surface area contributed by atoms with Crippen LogP contribution < -0.4 is 0 Å².